The summed E-state index contributed by atoms with van der Waals surface area (Å²) in [6.45, 7) is 6.44. The largest absolute Gasteiger partial charge is 0.279 e. The lowest BCUT2D eigenvalue weighted by atomic mass is 10.1. The molecule has 33 heavy (non-hydrogen) atoms. The molecule has 0 fully saturated rings. The molecule has 5 aromatic rings. The fourth-order valence-electron chi connectivity index (χ4n) is 3.82. The molecule has 0 N–H and O–H groups in total. The molecule has 2 aromatic carbocycles. The van der Waals surface area contributed by atoms with Gasteiger partial charge in [0.15, 0.2) is 5.13 Å². The summed E-state index contributed by atoms with van der Waals surface area (Å²) in [6, 6.07) is 17.8. The first-order valence-electron chi connectivity index (χ1n) is 10.7. The maximum Gasteiger partial charge on any atom is 0.263 e. The summed E-state index contributed by atoms with van der Waals surface area (Å²) in [6.07, 6.45) is 5.15. The number of hydrogen-bond donors (Lipinski definition) is 0. The molecule has 0 bridgehead atoms. The number of rotatable bonds is 5. The summed E-state index contributed by atoms with van der Waals surface area (Å²) >= 11 is 1.53. The molecule has 0 unspecified atom stereocenters. The van der Waals surface area contributed by atoms with E-state index in [2.05, 4.69) is 36.1 Å². The Labute approximate surface area is 196 Å². The molecule has 164 valence electrons. The van der Waals surface area contributed by atoms with E-state index in [-0.39, 0.29) is 5.91 Å². The van der Waals surface area contributed by atoms with Crippen LogP contribution in [0.15, 0.2) is 73.2 Å². The number of thiazole rings is 1. The molecule has 5 rings (SSSR count). The van der Waals surface area contributed by atoms with Crippen molar-refractivity contribution in [1.82, 2.24) is 19.7 Å². The number of fused-ring (bicyclic) bond motifs is 1. The van der Waals surface area contributed by atoms with Gasteiger partial charge in [0.25, 0.3) is 5.91 Å². The molecule has 3 heterocycles. The van der Waals surface area contributed by atoms with Gasteiger partial charge in [-0.05, 0) is 61.7 Å². The van der Waals surface area contributed by atoms with Crippen LogP contribution in [0.1, 0.15) is 32.7 Å². The van der Waals surface area contributed by atoms with E-state index in [0.717, 1.165) is 32.7 Å². The summed E-state index contributed by atoms with van der Waals surface area (Å²) in [5, 5.41) is 5.16. The van der Waals surface area contributed by atoms with Crippen LogP contribution in [0, 0.1) is 20.8 Å². The second-order valence-corrected chi connectivity index (χ2v) is 9.00. The van der Waals surface area contributed by atoms with Gasteiger partial charge in [-0.15, -0.1) is 0 Å². The summed E-state index contributed by atoms with van der Waals surface area (Å²) in [5.74, 6) is -0.132. The van der Waals surface area contributed by atoms with E-state index < -0.39 is 0 Å². The Hall–Kier alpha value is -3.84. The number of nitrogens with zero attached hydrogens (tertiary/aromatic N) is 5. The number of carbonyl (C=O) groups is 1. The monoisotopic (exact) mass is 453 g/mol. The van der Waals surface area contributed by atoms with Gasteiger partial charge in [-0.25, -0.2) is 9.67 Å². The highest BCUT2D eigenvalue weighted by Gasteiger charge is 2.26. The first kappa shape index (κ1) is 21.0. The SMILES string of the molecule is Cc1ccc2sc(N(Cc3cccnc3)C(=O)c3cnn(-c4ccccc4)c3C)nc2c1C. The van der Waals surface area contributed by atoms with Gasteiger partial charge in [0.1, 0.15) is 0 Å². The molecule has 0 spiro atoms. The highest BCUT2D eigenvalue weighted by Crippen LogP contribution is 2.33. The maximum atomic E-state index is 13.9. The number of anilines is 1. The first-order valence-corrected chi connectivity index (χ1v) is 11.5. The third kappa shape index (κ3) is 3.91. The Kier molecular flexibility index (Phi) is 5.48. The second kappa shape index (κ2) is 8.60. The van der Waals surface area contributed by atoms with Crippen LogP contribution in [0.2, 0.25) is 0 Å². The number of amides is 1. The molecular formula is C26H23N5OS. The fourth-order valence-corrected chi connectivity index (χ4v) is 4.85. The summed E-state index contributed by atoms with van der Waals surface area (Å²) in [4.78, 5) is 24.7. The summed E-state index contributed by atoms with van der Waals surface area (Å²) < 4.78 is 2.86. The van der Waals surface area contributed by atoms with Crippen molar-refractivity contribution in [2.45, 2.75) is 27.3 Å². The van der Waals surface area contributed by atoms with Crippen molar-refractivity contribution in [2.75, 3.05) is 4.90 Å². The van der Waals surface area contributed by atoms with Crippen molar-refractivity contribution < 1.29 is 4.79 Å². The van der Waals surface area contributed by atoms with Gasteiger partial charge < -0.3 is 0 Å². The normalized spacial score (nSPS) is 11.1. The average molecular weight is 454 g/mol. The molecule has 0 saturated carbocycles. The quantitative estimate of drug-likeness (QED) is 0.345. The Morgan fingerprint density at radius 1 is 1.00 bits per heavy atom. The molecule has 0 saturated heterocycles. The Bertz CT molecular complexity index is 1440. The first-order chi connectivity index (χ1) is 16.0. The van der Waals surface area contributed by atoms with E-state index in [1.165, 1.54) is 16.9 Å². The molecule has 7 heteroatoms. The smallest absolute Gasteiger partial charge is 0.263 e. The van der Waals surface area contributed by atoms with Crippen LogP contribution >= 0.6 is 11.3 Å². The molecule has 1 amide bonds. The summed E-state index contributed by atoms with van der Waals surface area (Å²) in [5.41, 5.74) is 6.45. The number of aryl methyl sites for hydroxylation is 2. The van der Waals surface area contributed by atoms with Gasteiger partial charge in [-0.3, -0.25) is 14.7 Å². The van der Waals surface area contributed by atoms with Gasteiger partial charge >= 0.3 is 0 Å². The number of benzene rings is 2. The summed E-state index contributed by atoms with van der Waals surface area (Å²) in [7, 11) is 0. The van der Waals surface area contributed by atoms with E-state index in [1.54, 1.807) is 28.2 Å². The van der Waals surface area contributed by atoms with E-state index in [4.69, 9.17) is 4.98 Å². The zero-order valence-electron chi connectivity index (χ0n) is 18.7. The van der Waals surface area contributed by atoms with Crippen LogP contribution in [0.4, 0.5) is 5.13 Å². The molecule has 6 nitrogen and oxygen atoms in total. The van der Waals surface area contributed by atoms with Crippen molar-refractivity contribution >= 4 is 32.6 Å². The van der Waals surface area contributed by atoms with E-state index >= 15 is 0 Å². The van der Waals surface area contributed by atoms with Crippen molar-refractivity contribution in [3.8, 4) is 5.69 Å². The predicted octanol–water partition coefficient (Wildman–Crippen LogP) is 5.65. The van der Waals surface area contributed by atoms with Crippen LogP contribution in [0.25, 0.3) is 15.9 Å². The van der Waals surface area contributed by atoms with E-state index in [9.17, 15) is 4.79 Å². The van der Waals surface area contributed by atoms with Gasteiger partial charge in [0.05, 0.1) is 39.9 Å². The van der Waals surface area contributed by atoms with Crippen LogP contribution in [0.3, 0.4) is 0 Å². The molecular weight excluding hydrogens is 430 g/mol. The topological polar surface area (TPSA) is 63.9 Å². The van der Waals surface area contributed by atoms with Crippen LogP contribution < -0.4 is 4.90 Å². The number of hydrogen-bond acceptors (Lipinski definition) is 5. The lowest BCUT2D eigenvalue weighted by molar-refractivity contribution is 0.0984. The van der Waals surface area contributed by atoms with Crippen molar-refractivity contribution in [3.63, 3.8) is 0 Å². The van der Waals surface area contributed by atoms with Crippen LogP contribution in [0.5, 0.6) is 0 Å². The molecule has 0 aliphatic rings. The highest BCUT2D eigenvalue weighted by molar-refractivity contribution is 7.22. The number of pyridine rings is 1. The third-order valence-corrected chi connectivity index (χ3v) is 6.90. The minimum atomic E-state index is -0.132. The third-order valence-electron chi connectivity index (χ3n) is 5.85. The fraction of sp³-hybridized carbons (Fsp3) is 0.154. The molecule has 0 atom stereocenters. The van der Waals surface area contributed by atoms with Gasteiger partial charge in [-0.1, -0.05) is 41.7 Å². The minimum absolute atomic E-state index is 0.132. The average Bonchev–Trinajstić information content (AvgIpc) is 3.45. The lowest BCUT2D eigenvalue weighted by Gasteiger charge is -2.20. The van der Waals surface area contributed by atoms with Gasteiger partial charge in [0, 0.05) is 12.4 Å². The lowest BCUT2D eigenvalue weighted by Crippen LogP contribution is -2.30. The Balaban J connectivity index is 1.59. The van der Waals surface area contributed by atoms with Crippen molar-refractivity contribution in [1.29, 1.82) is 0 Å². The molecule has 0 radical (unpaired) electrons. The van der Waals surface area contributed by atoms with Crippen molar-refractivity contribution in [3.05, 3.63) is 101 Å². The highest BCUT2D eigenvalue weighted by atomic mass is 32.1. The minimum Gasteiger partial charge on any atom is -0.279 e. The van der Waals surface area contributed by atoms with Gasteiger partial charge in [0.2, 0.25) is 0 Å². The zero-order chi connectivity index (χ0) is 22.9. The standard InChI is InChI=1S/C26H23N5OS/c1-17-11-12-23-24(18(17)2)29-26(33-23)30(16-20-8-7-13-27-14-20)25(32)22-15-28-31(19(22)3)21-9-5-4-6-10-21/h4-15H,16H2,1-3H3. The Morgan fingerprint density at radius 3 is 2.58 bits per heavy atom. The van der Waals surface area contributed by atoms with Crippen molar-refractivity contribution in [2.24, 2.45) is 0 Å². The molecule has 3 aromatic heterocycles. The van der Waals surface area contributed by atoms with E-state index in [0.29, 0.717) is 17.2 Å². The second-order valence-electron chi connectivity index (χ2n) is 7.99. The number of aromatic nitrogens is 4. The number of para-hydroxylation sites is 1. The van der Waals surface area contributed by atoms with Crippen LogP contribution in [-0.4, -0.2) is 25.7 Å². The number of carbonyl (C=O) groups excluding carboxylic acids is 1. The van der Waals surface area contributed by atoms with E-state index in [1.807, 2.05) is 49.4 Å². The molecule has 0 aliphatic heterocycles. The zero-order valence-corrected chi connectivity index (χ0v) is 19.5. The Morgan fingerprint density at radius 2 is 1.82 bits per heavy atom. The predicted molar refractivity (Wildman–Crippen MR) is 132 cm³/mol. The van der Waals surface area contributed by atoms with Gasteiger partial charge in [-0.2, -0.15) is 5.10 Å². The molecule has 0 aliphatic carbocycles. The van der Waals surface area contributed by atoms with Crippen LogP contribution in [-0.2, 0) is 6.54 Å². The maximum absolute atomic E-state index is 13.9.